The molecule has 1 aliphatic rings. The zero-order chi connectivity index (χ0) is 7.90. The van der Waals surface area contributed by atoms with E-state index in [0.29, 0.717) is 0 Å². The second kappa shape index (κ2) is 2.89. The van der Waals surface area contributed by atoms with Crippen LogP contribution in [0.3, 0.4) is 0 Å². The third-order valence-corrected chi connectivity index (χ3v) is 19.4. The van der Waals surface area contributed by atoms with Crippen molar-refractivity contribution >= 4 is 33.5 Å². The van der Waals surface area contributed by atoms with Gasteiger partial charge in [0.2, 0.25) is 0 Å². The molecular formula is C8H10S2Sn. The molecule has 0 nitrogen and oxygen atoms in total. The van der Waals surface area contributed by atoms with Crippen LogP contribution in [0.25, 0.3) is 0 Å². The maximum atomic E-state index is 2.48. The molecule has 3 heteroatoms. The molecule has 0 saturated heterocycles. The SMILES string of the molecule is [CH3][Sn]1([CH3])[S]c2ccccc2[S]1. The molecule has 0 aliphatic carbocycles. The monoisotopic (exact) mass is 290 g/mol. The minimum absolute atomic E-state index is 1.53. The molecule has 2 rings (SSSR count). The van der Waals surface area contributed by atoms with Crippen molar-refractivity contribution in [3.63, 3.8) is 0 Å². The zero-order valence-electron chi connectivity index (χ0n) is 6.63. The van der Waals surface area contributed by atoms with Gasteiger partial charge >= 0.3 is 77.4 Å². The molecule has 0 fully saturated rings. The number of benzene rings is 1. The van der Waals surface area contributed by atoms with Crippen molar-refractivity contribution < 1.29 is 0 Å². The standard InChI is InChI=1S/C6H6S2.2CH3.Sn/c7-5-3-1-2-4-6(5)8;;;/h1-4,7-8H;2*1H3;/q;;;+2/p-2. The number of rotatable bonds is 0. The van der Waals surface area contributed by atoms with Gasteiger partial charge in [0.25, 0.3) is 0 Å². The summed E-state index contributed by atoms with van der Waals surface area (Å²) in [6.07, 6.45) is 0. The average molecular weight is 289 g/mol. The summed E-state index contributed by atoms with van der Waals surface area (Å²) in [5.41, 5.74) is 0. The molecule has 1 aliphatic heterocycles. The van der Waals surface area contributed by atoms with Crippen LogP contribution in [0.1, 0.15) is 0 Å². The van der Waals surface area contributed by atoms with E-state index in [9.17, 15) is 0 Å². The molecule has 1 aromatic carbocycles. The second-order valence-electron chi connectivity index (χ2n) is 3.05. The molecule has 11 heavy (non-hydrogen) atoms. The van der Waals surface area contributed by atoms with Gasteiger partial charge in [-0.3, -0.25) is 0 Å². The molecule has 0 atom stereocenters. The van der Waals surface area contributed by atoms with Crippen molar-refractivity contribution in [2.75, 3.05) is 0 Å². The molecule has 1 aromatic rings. The van der Waals surface area contributed by atoms with E-state index in [2.05, 4.69) is 52.0 Å². The van der Waals surface area contributed by atoms with Gasteiger partial charge in [0.05, 0.1) is 0 Å². The van der Waals surface area contributed by atoms with Gasteiger partial charge in [-0.05, 0) is 0 Å². The van der Waals surface area contributed by atoms with E-state index in [1.165, 1.54) is 9.79 Å². The predicted octanol–water partition coefficient (Wildman–Crippen LogP) is 3.59. The second-order valence-corrected chi connectivity index (χ2v) is 31.3. The summed E-state index contributed by atoms with van der Waals surface area (Å²) in [6, 6.07) is 8.77. The Balaban J connectivity index is 2.41. The summed E-state index contributed by atoms with van der Waals surface area (Å²) >= 11 is -1.70. The summed E-state index contributed by atoms with van der Waals surface area (Å²) in [7, 11) is 4.33. The van der Waals surface area contributed by atoms with Gasteiger partial charge in [0.15, 0.2) is 0 Å². The normalized spacial score (nSPS) is 19.8. The number of hydrogen-bond donors (Lipinski definition) is 0. The van der Waals surface area contributed by atoms with Crippen molar-refractivity contribution in [3.8, 4) is 0 Å². The molecule has 0 aromatic heterocycles. The van der Waals surface area contributed by atoms with Crippen molar-refractivity contribution in [1.82, 2.24) is 0 Å². The van der Waals surface area contributed by atoms with Gasteiger partial charge in [-0.15, -0.1) is 0 Å². The Morgan fingerprint density at radius 1 is 1.00 bits per heavy atom. The predicted molar refractivity (Wildman–Crippen MR) is 55.6 cm³/mol. The molecule has 0 radical (unpaired) electrons. The molecule has 0 N–H and O–H groups in total. The van der Waals surface area contributed by atoms with Crippen LogP contribution >= 0.6 is 17.9 Å². The summed E-state index contributed by atoms with van der Waals surface area (Å²) in [6.45, 7) is 0. The maximum absolute atomic E-state index is 2.48. The summed E-state index contributed by atoms with van der Waals surface area (Å²) in [5.74, 6) is 0. The van der Waals surface area contributed by atoms with E-state index in [4.69, 9.17) is 0 Å². The number of hydrogen-bond acceptors (Lipinski definition) is 2. The first kappa shape index (κ1) is 8.32. The first-order valence-corrected chi connectivity index (χ1v) is 18.0. The summed E-state index contributed by atoms with van der Waals surface area (Å²) in [5, 5.41) is 0. The fourth-order valence-corrected chi connectivity index (χ4v) is 21.3. The zero-order valence-corrected chi connectivity index (χ0v) is 11.1. The van der Waals surface area contributed by atoms with Crippen molar-refractivity contribution in [2.45, 2.75) is 19.7 Å². The van der Waals surface area contributed by atoms with E-state index in [-0.39, 0.29) is 0 Å². The van der Waals surface area contributed by atoms with Gasteiger partial charge in [-0.1, -0.05) is 0 Å². The van der Waals surface area contributed by atoms with Crippen LogP contribution in [0.5, 0.6) is 0 Å². The van der Waals surface area contributed by atoms with Crippen LogP contribution < -0.4 is 0 Å². The van der Waals surface area contributed by atoms with Crippen LogP contribution in [0.4, 0.5) is 0 Å². The van der Waals surface area contributed by atoms with Crippen LogP contribution in [0, 0.1) is 0 Å². The molecule has 0 unspecified atom stereocenters. The minimum atomic E-state index is -1.70. The first-order valence-electron chi connectivity index (χ1n) is 3.64. The number of fused-ring (bicyclic) bond motifs is 1. The van der Waals surface area contributed by atoms with E-state index in [1.54, 1.807) is 0 Å². The third-order valence-electron chi connectivity index (χ3n) is 1.56. The fourth-order valence-electron chi connectivity index (χ4n) is 1.17. The van der Waals surface area contributed by atoms with Crippen molar-refractivity contribution in [2.24, 2.45) is 0 Å². The Hall–Kier alpha value is 0.719. The average Bonchev–Trinajstić information content (AvgIpc) is 2.21. The third kappa shape index (κ3) is 1.73. The Kier molecular flexibility index (Phi) is 2.19. The van der Waals surface area contributed by atoms with Crippen LogP contribution in [0.2, 0.25) is 9.88 Å². The molecule has 0 bridgehead atoms. The molecule has 58 valence electrons. The van der Waals surface area contributed by atoms with Gasteiger partial charge in [0, 0.05) is 0 Å². The van der Waals surface area contributed by atoms with Gasteiger partial charge in [-0.25, -0.2) is 0 Å². The molecule has 0 saturated carbocycles. The topological polar surface area (TPSA) is 0 Å². The van der Waals surface area contributed by atoms with Crippen molar-refractivity contribution in [1.29, 1.82) is 0 Å². The Bertz CT molecular complexity index is 256. The van der Waals surface area contributed by atoms with E-state index < -0.39 is 15.6 Å². The van der Waals surface area contributed by atoms with Gasteiger partial charge in [-0.2, -0.15) is 0 Å². The molecule has 0 amide bonds. The Morgan fingerprint density at radius 3 is 1.91 bits per heavy atom. The van der Waals surface area contributed by atoms with E-state index >= 15 is 0 Å². The van der Waals surface area contributed by atoms with Crippen molar-refractivity contribution in [3.05, 3.63) is 24.3 Å². The van der Waals surface area contributed by atoms with Crippen LogP contribution in [-0.2, 0) is 0 Å². The fraction of sp³-hybridized carbons (Fsp3) is 0.250. The molecule has 1 heterocycles. The first-order chi connectivity index (χ1) is 5.17. The van der Waals surface area contributed by atoms with E-state index in [0.717, 1.165) is 0 Å². The molecular weight excluding hydrogens is 279 g/mol. The Labute approximate surface area is 76.9 Å². The summed E-state index contributed by atoms with van der Waals surface area (Å²) < 4.78 is 0. The van der Waals surface area contributed by atoms with Gasteiger partial charge in [0.1, 0.15) is 0 Å². The van der Waals surface area contributed by atoms with E-state index in [1.807, 2.05) is 0 Å². The molecule has 0 spiro atoms. The van der Waals surface area contributed by atoms with Crippen LogP contribution in [-0.4, -0.2) is 15.6 Å². The van der Waals surface area contributed by atoms with Crippen LogP contribution in [0.15, 0.2) is 34.1 Å². The summed E-state index contributed by atoms with van der Waals surface area (Å²) in [4.78, 5) is 8.00. The quantitative estimate of drug-likeness (QED) is 0.669. The Morgan fingerprint density at radius 2 is 1.45 bits per heavy atom. The van der Waals surface area contributed by atoms with Gasteiger partial charge < -0.3 is 0 Å².